The smallest absolute Gasteiger partial charge is 0.321 e. The van der Waals surface area contributed by atoms with E-state index in [1.54, 1.807) is 0 Å². The molecule has 1 aliphatic rings. The van der Waals surface area contributed by atoms with Crippen molar-refractivity contribution in [3.8, 4) is 0 Å². The Bertz CT molecular complexity index is 558. The summed E-state index contributed by atoms with van der Waals surface area (Å²) in [5.41, 5.74) is 1.25. The highest BCUT2D eigenvalue weighted by Crippen LogP contribution is 2.47. The summed E-state index contributed by atoms with van der Waals surface area (Å²) in [4.78, 5) is 4.56. The third-order valence-corrected chi connectivity index (χ3v) is 4.05. The third-order valence-electron chi connectivity index (χ3n) is 4.05. The molecule has 0 bridgehead atoms. The minimum atomic E-state index is -0.0392. The van der Waals surface area contributed by atoms with Gasteiger partial charge in [0.25, 0.3) is 0 Å². The van der Waals surface area contributed by atoms with Crippen molar-refractivity contribution >= 4 is 6.01 Å². The first kappa shape index (κ1) is 13.2. The molecule has 0 aliphatic heterocycles. The van der Waals surface area contributed by atoms with Gasteiger partial charge in [0.15, 0.2) is 5.82 Å². The van der Waals surface area contributed by atoms with Gasteiger partial charge in [0.05, 0.1) is 5.41 Å². The molecule has 106 valence electrons. The van der Waals surface area contributed by atoms with Gasteiger partial charge in [-0.2, -0.15) is 4.98 Å². The molecule has 1 aromatic carbocycles. The molecule has 0 amide bonds. The van der Waals surface area contributed by atoms with Crippen molar-refractivity contribution in [3.63, 3.8) is 0 Å². The Morgan fingerprint density at radius 2 is 2.00 bits per heavy atom. The third kappa shape index (κ3) is 2.30. The number of aromatic nitrogens is 2. The highest BCUT2D eigenvalue weighted by atomic mass is 16.5. The van der Waals surface area contributed by atoms with Crippen molar-refractivity contribution in [2.24, 2.45) is 5.92 Å². The molecule has 0 saturated heterocycles. The van der Waals surface area contributed by atoms with Crippen molar-refractivity contribution in [2.45, 2.75) is 38.5 Å². The van der Waals surface area contributed by atoms with Gasteiger partial charge >= 0.3 is 6.01 Å². The van der Waals surface area contributed by atoms with Crippen molar-refractivity contribution in [2.75, 3.05) is 11.9 Å². The molecule has 4 heteroatoms. The molecular weight excluding hydrogens is 250 g/mol. The first-order chi connectivity index (χ1) is 9.71. The quantitative estimate of drug-likeness (QED) is 0.902. The molecule has 1 heterocycles. The fraction of sp³-hybridized carbons (Fsp3) is 0.500. The van der Waals surface area contributed by atoms with E-state index in [0.717, 1.165) is 25.2 Å². The largest absolute Gasteiger partial charge is 0.337 e. The maximum Gasteiger partial charge on any atom is 0.321 e. The van der Waals surface area contributed by atoms with Crippen LogP contribution in [0.3, 0.4) is 0 Å². The first-order valence-electron chi connectivity index (χ1n) is 7.34. The van der Waals surface area contributed by atoms with Gasteiger partial charge < -0.3 is 9.84 Å². The van der Waals surface area contributed by atoms with Crippen molar-refractivity contribution in [3.05, 3.63) is 41.7 Å². The standard InChI is InChI=1S/C16H21N3O/c1-12(2)11-17-15-18-14(19-20-15)16(9-6-10-16)13-7-4-3-5-8-13/h3-5,7-8,12H,6,9-11H2,1-2H3,(H,17,18,19). The summed E-state index contributed by atoms with van der Waals surface area (Å²) < 4.78 is 5.35. The lowest BCUT2D eigenvalue weighted by Crippen LogP contribution is -2.36. The van der Waals surface area contributed by atoms with Crippen LogP contribution in [0.5, 0.6) is 0 Å². The predicted octanol–water partition coefficient (Wildman–Crippen LogP) is 3.61. The van der Waals surface area contributed by atoms with Crippen molar-refractivity contribution in [1.82, 2.24) is 10.1 Å². The fourth-order valence-corrected chi connectivity index (χ4v) is 2.71. The van der Waals surface area contributed by atoms with Gasteiger partial charge in [0, 0.05) is 6.54 Å². The number of benzene rings is 1. The predicted molar refractivity (Wildman–Crippen MR) is 78.7 cm³/mol. The molecule has 1 N–H and O–H groups in total. The molecule has 0 spiro atoms. The Balaban J connectivity index is 1.84. The second-order valence-electron chi connectivity index (χ2n) is 6.00. The summed E-state index contributed by atoms with van der Waals surface area (Å²) in [6, 6.07) is 11.1. The van der Waals surface area contributed by atoms with Crippen LogP contribution in [0.2, 0.25) is 0 Å². The first-order valence-corrected chi connectivity index (χ1v) is 7.34. The summed E-state index contributed by atoms with van der Waals surface area (Å²) in [6.45, 7) is 5.16. The maximum atomic E-state index is 5.35. The van der Waals surface area contributed by atoms with Gasteiger partial charge in [0.2, 0.25) is 0 Å². The van der Waals surface area contributed by atoms with Gasteiger partial charge in [-0.05, 0) is 24.3 Å². The Morgan fingerprint density at radius 1 is 1.25 bits per heavy atom. The fourth-order valence-electron chi connectivity index (χ4n) is 2.71. The van der Waals surface area contributed by atoms with Crippen LogP contribution in [0.15, 0.2) is 34.9 Å². The van der Waals surface area contributed by atoms with E-state index in [9.17, 15) is 0 Å². The number of rotatable bonds is 5. The molecule has 1 aromatic heterocycles. The Morgan fingerprint density at radius 3 is 2.60 bits per heavy atom. The van der Waals surface area contributed by atoms with E-state index in [0.29, 0.717) is 11.9 Å². The normalized spacial score (nSPS) is 16.9. The van der Waals surface area contributed by atoms with Crippen LogP contribution in [-0.2, 0) is 5.41 Å². The zero-order valence-corrected chi connectivity index (χ0v) is 12.1. The maximum absolute atomic E-state index is 5.35. The zero-order chi connectivity index (χ0) is 14.0. The molecule has 1 saturated carbocycles. The molecule has 4 nitrogen and oxygen atoms in total. The topological polar surface area (TPSA) is 51.0 Å². The Kier molecular flexibility index (Phi) is 3.47. The Hall–Kier alpha value is -1.84. The van der Waals surface area contributed by atoms with Gasteiger partial charge in [-0.1, -0.05) is 55.8 Å². The molecule has 1 fully saturated rings. The molecular formula is C16H21N3O. The monoisotopic (exact) mass is 271 g/mol. The summed E-state index contributed by atoms with van der Waals surface area (Å²) >= 11 is 0. The minimum absolute atomic E-state index is 0.0392. The number of nitrogens with zero attached hydrogens (tertiary/aromatic N) is 2. The molecule has 1 aliphatic carbocycles. The van der Waals surface area contributed by atoms with Gasteiger partial charge in [0.1, 0.15) is 0 Å². The molecule has 0 unspecified atom stereocenters. The van der Waals surface area contributed by atoms with Crippen LogP contribution in [0.4, 0.5) is 6.01 Å². The molecule has 3 rings (SSSR count). The van der Waals surface area contributed by atoms with Crippen LogP contribution in [-0.4, -0.2) is 16.7 Å². The number of hydrogen-bond donors (Lipinski definition) is 1. The number of nitrogens with one attached hydrogen (secondary N) is 1. The minimum Gasteiger partial charge on any atom is -0.337 e. The van der Waals surface area contributed by atoms with Gasteiger partial charge in [-0.15, -0.1) is 0 Å². The summed E-state index contributed by atoms with van der Waals surface area (Å²) in [6.07, 6.45) is 3.42. The lowest BCUT2D eigenvalue weighted by Gasteiger charge is -2.39. The lowest BCUT2D eigenvalue weighted by molar-refractivity contribution is 0.273. The van der Waals surface area contributed by atoms with Crippen molar-refractivity contribution < 1.29 is 4.52 Å². The average Bonchev–Trinajstić information content (AvgIpc) is 2.85. The van der Waals surface area contributed by atoms with E-state index in [1.807, 2.05) is 6.07 Å². The number of anilines is 1. The van der Waals surface area contributed by atoms with E-state index in [1.165, 1.54) is 12.0 Å². The van der Waals surface area contributed by atoms with Crippen LogP contribution < -0.4 is 5.32 Å². The molecule has 0 radical (unpaired) electrons. The molecule has 2 aromatic rings. The molecule has 20 heavy (non-hydrogen) atoms. The van der Waals surface area contributed by atoms with Crippen LogP contribution in [0.1, 0.15) is 44.5 Å². The number of hydrogen-bond acceptors (Lipinski definition) is 4. The van der Waals surface area contributed by atoms with E-state index in [4.69, 9.17) is 4.52 Å². The second-order valence-corrected chi connectivity index (χ2v) is 6.00. The second kappa shape index (κ2) is 5.27. The van der Waals surface area contributed by atoms with Crippen LogP contribution in [0.25, 0.3) is 0 Å². The van der Waals surface area contributed by atoms with E-state index >= 15 is 0 Å². The van der Waals surface area contributed by atoms with Crippen LogP contribution in [0, 0.1) is 5.92 Å². The molecule has 0 atom stereocenters. The van der Waals surface area contributed by atoms with Crippen molar-refractivity contribution in [1.29, 1.82) is 0 Å². The summed E-state index contributed by atoms with van der Waals surface area (Å²) in [5, 5.41) is 7.41. The van der Waals surface area contributed by atoms with E-state index in [-0.39, 0.29) is 5.41 Å². The van der Waals surface area contributed by atoms with E-state index in [2.05, 4.69) is 53.6 Å². The highest BCUT2D eigenvalue weighted by Gasteiger charge is 2.44. The summed E-state index contributed by atoms with van der Waals surface area (Å²) in [5.74, 6) is 1.37. The highest BCUT2D eigenvalue weighted by molar-refractivity contribution is 5.36. The van der Waals surface area contributed by atoms with Gasteiger partial charge in [-0.3, -0.25) is 0 Å². The Labute approximate surface area is 119 Å². The lowest BCUT2D eigenvalue weighted by atomic mass is 9.64. The van der Waals surface area contributed by atoms with Crippen LogP contribution >= 0.6 is 0 Å². The average molecular weight is 271 g/mol. The zero-order valence-electron chi connectivity index (χ0n) is 12.1. The SMILES string of the molecule is CC(C)CNc1nc(C2(c3ccccc3)CCC2)no1. The van der Waals surface area contributed by atoms with E-state index < -0.39 is 0 Å². The summed E-state index contributed by atoms with van der Waals surface area (Å²) in [7, 11) is 0. The van der Waals surface area contributed by atoms with Gasteiger partial charge in [-0.25, -0.2) is 0 Å².